The fraction of sp³-hybridized carbons (Fsp3) is 0.385. The lowest BCUT2D eigenvalue weighted by Gasteiger charge is -2.24. The van der Waals surface area contributed by atoms with Crippen LogP contribution in [-0.2, 0) is 11.3 Å². The molecule has 1 aliphatic heterocycles. The van der Waals surface area contributed by atoms with E-state index in [1.807, 2.05) is 78.8 Å². The molecular weight excluding hydrogens is 462 g/mol. The van der Waals surface area contributed by atoms with Gasteiger partial charge in [-0.05, 0) is 70.0 Å². The Labute approximate surface area is 210 Å². The summed E-state index contributed by atoms with van der Waals surface area (Å²) in [5.74, 6) is 1.65. The van der Waals surface area contributed by atoms with Crippen LogP contribution < -0.4 is 10.1 Å². The van der Waals surface area contributed by atoms with E-state index in [1.54, 1.807) is 0 Å². The highest BCUT2D eigenvalue weighted by Crippen LogP contribution is 2.34. The number of hydrogen-bond donors (Lipinski definition) is 1. The molecule has 0 bridgehead atoms. The number of rotatable bonds is 9. The minimum absolute atomic E-state index is 0.0158. The van der Waals surface area contributed by atoms with Gasteiger partial charge < -0.3 is 19.5 Å². The Morgan fingerprint density at radius 1 is 1.09 bits per heavy atom. The van der Waals surface area contributed by atoms with E-state index < -0.39 is 0 Å². The van der Waals surface area contributed by atoms with Crippen molar-refractivity contribution in [3.05, 3.63) is 65.5 Å². The van der Waals surface area contributed by atoms with E-state index >= 15 is 0 Å². The second kappa shape index (κ2) is 11.4. The van der Waals surface area contributed by atoms with Crippen molar-refractivity contribution in [2.75, 3.05) is 24.2 Å². The molecule has 2 heterocycles. The molecule has 35 heavy (non-hydrogen) atoms. The number of ether oxygens (including phenoxy) is 1. The van der Waals surface area contributed by atoms with Crippen LogP contribution in [0, 0.1) is 6.92 Å². The Balaban J connectivity index is 1.41. The summed E-state index contributed by atoms with van der Waals surface area (Å²) in [4.78, 5) is 27.6. The number of nitrogens with one attached hydrogen (secondary N) is 1. The third-order valence-corrected chi connectivity index (χ3v) is 6.92. The molecule has 3 aromatic rings. The molecule has 1 aromatic heterocycles. The van der Waals surface area contributed by atoms with Crippen molar-refractivity contribution in [2.45, 2.75) is 51.4 Å². The van der Waals surface area contributed by atoms with Crippen molar-refractivity contribution in [3.8, 4) is 5.75 Å². The van der Waals surface area contributed by atoms with Gasteiger partial charge in [-0.25, -0.2) is 0 Å². The van der Waals surface area contributed by atoms with Gasteiger partial charge in [0, 0.05) is 24.3 Å². The first-order valence-electron chi connectivity index (χ1n) is 12.0. The summed E-state index contributed by atoms with van der Waals surface area (Å²) in [6.07, 6.45) is 1.77. The fourth-order valence-electron chi connectivity index (χ4n) is 4.22. The standard InChI is InChI=1S/C26H31N5O3S/c1-4-30-24(22-7-6-16-31(22)25(33)19-10-8-18(3)9-11-19)28-29-26(30)35-17-23(32)27-20-12-14-21(15-13-20)34-5-2/h8-15,22H,4-7,16-17H2,1-3H3,(H,27,32). The summed E-state index contributed by atoms with van der Waals surface area (Å²) in [7, 11) is 0. The first kappa shape index (κ1) is 24.8. The zero-order chi connectivity index (χ0) is 24.8. The van der Waals surface area contributed by atoms with Crippen molar-refractivity contribution in [1.82, 2.24) is 19.7 Å². The molecule has 2 amide bonds. The van der Waals surface area contributed by atoms with Crippen molar-refractivity contribution >= 4 is 29.3 Å². The van der Waals surface area contributed by atoms with Crippen LogP contribution in [0.3, 0.4) is 0 Å². The van der Waals surface area contributed by atoms with Crippen LogP contribution in [0.15, 0.2) is 53.7 Å². The maximum atomic E-state index is 13.2. The van der Waals surface area contributed by atoms with Crippen molar-refractivity contribution < 1.29 is 14.3 Å². The van der Waals surface area contributed by atoms with Gasteiger partial charge in [-0.15, -0.1) is 10.2 Å². The van der Waals surface area contributed by atoms with Gasteiger partial charge in [0.1, 0.15) is 5.75 Å². The van der Waals surface area contributed by atoms with Crippen LogP contribution in [0.25, 0.3) is 0 Å². The molecule has 0 saturated carbocycles. The Hall–Kier alpha value is -3.33. The lowest BCUT2D eigenvalue weighted by molar-refractivity contribution is -0.113. The number of carbonyl (C=O) groups is 2. The summed E-state index contributed by atoms with van der Waals surface area (Å²) in [5, 5.41) is 12.4. The van der Waals surface area contributed by atoms with Gasteiger partial charge in [0.15, 0.2) is 11.0 Å². The number of nitrogens with zero attached hydrogens (tertiary/aromatic N) is 4. The molecule has 2 aromatic carbocycles. The van der Waals surface area contributed by atoms with Gasteiger partial charge in [0.05, 0.1) is 18.4 Å². The van der Waals surface area contributed by atoms with Gasteiger partial charge in [0.2, 0.25) is 5.91 Å². The molecule has 0 radical (unpaired) electrons. The van der Waals surface area contributed by atoms with E-state index in [0.29, 0.717) is 36.1 Å². The number of aryl methyl sites for hydroxylation is 1. The van der Waals surface area contributed by atoms with E-state index in [2.05, 4.69) is 15.5 Å². The number of carbonyl (C=O) groups excluding carboxylic acids is 2. The van der Waals surface area contributed by atoms with Crippen LogP contribution in [0.2, 0.25) is 0 Å². The van der Waals surface area contributed by atoms with E-state index in [0.717, 1.165) is 30.0 Å². The highest BCUT2D eigenvalue weighted by atomic mass is 32.2. The molecular formula is C26H31N5O3S. The third kappa shape index (κ3) is 5.85. The molecule has 1 N–H and O–H groups in total. The predicted molar refractivity (Wildman–Crippen MR) is 137 cm³/mol. The number of thioether (sulfide) groups is 1. The van der Waals surface area contributed by atoms with Gasteiger partial charge in [-0.3, -0.25) is 9.59 Å². The molecule has 4 rings (SSSR count). The van der Waals surface area contributed by atoms with Crippen LogP contribution >= 0.6 is 11.8 Å². The van der Waals surface area contributed by atoms with Gasteiger partial charge in [-0.1, -0.05) is 29.5 Å². The molecule has 0 aliphatic carbocycles. The van der Waals surface area contributed by atoms with Crippen molar-refractivity contribution in [3.63, 3.8) is 0 Å². The average molecular weight is 494 g/mol. The molecule has 0 spiro atoms. The summed E-state index contributed by atoms with van der Waals surface area (Å²) in [6, 6.07) is 14.8. The van der Waals surface area contributed by atoms with Crippen LogP contribution in [0.4, 0.5) is 5.69 Å². The first-order chi connectivity index (χ1) is 17.0. The molecule has 8 nitrogen and oxygen atoms in total. The molecule has 1 saturated heterocycles. The number of amides is 2. The summed E-state index contributed by atoms with van der Waals surface area (Å²) in [5.41, 5.74) is 2.53. The Bertz CT molecular complexity index is 1160. The molecule has 1 unspecified atom stereocenters. The number of benzene rings is 2. The van der Waals surface area contributed by atoms with Gasteiger partial charge in [-0.2, -0.15) is 0 Å². The van der Waals surface area contributed by atoms with Crippen molar-refractivity contribution in [2.24, 2.45) is 0 Å². The van der Waals surface area contributed by atoms with Crippen molar-refractivity contribution in [1.29, 1.82) is 0 Å². The fourth-order valence-corrected chi connectivity index (χ4v) is 5.03. The van der Waals surface area contributed by atoms with Crippen LogP contribution in [0.5, 0.6) is 5.75 Å². The summed E-state index contributed by atoms with van der Waals surface area (Å²) >= 11 is 1.35. The monoisotopic (exact) mass is 493 g/mol. The van der Waals surface area contributed by atoms with Crippen LogP contribution in [-0.4, -0.2) is 50.4 Å². The lowest BCUT2D eigenvalue weighted by Crippen LogP contribution is -2.32. The number of likely N-dealkylation sites (tertiary alicyclic amines) is 1. The molecule has 184 valence electrons. The number of anilines is 1. The lowest BCUT2D eigenvalue weighted by atomic mass is 10.1. The summed E-state index contributed by atoms with van der Waals surface area (Å²) in [6.45, 7) is 7.92. The predicted octanol–water partition coefficient (Wildman–Crippen LogP) is 4.71. The third-order valence-electron chi connectivity index (χ3n) is 5.95. The average Bonchev–Trinajstić information content (AvgIpc) is 3.50. The first-order valence-corrected chi connectivity index (χ1v) is 12.9. The van der Waals surface area contributed by atoms with Crippen LogP contribution in [0.1, 0.15) is 54.5 Å². The second-order valence-corrected chi connectivity index (χ2v) is 9.34. The minimum Gasteiger partial charge on any atom is -0.494 e. The smallest absolute Gasteiger partial charge is 0.254 e. The van der Waals surface area contributed by atoms with Gasteiger partial charge >= 0.3 is 0 Å². The molecule has 9 heteroatoms. The quantitative estimate of drug-likeness (QED) is 0.434. The maximum absolute atomic E-state index is 13.2. The van der Waals surface area contributed by atoms with E-state index in [9.17, 15) is 9.59 Å². The molecule has 1 aliphatic rings. The summed E-state index contributed by atoms with van der Waals surface area (Å²) < 4.78 is 7.45. The largest absolute Gasteiger partial charge is 0.494 e. The minimum atomic E-state index is -0.122. The normalized spacial score (nSPS) is 15.3. The highest BCUT2D eigenvalue weighted by Gasteiger charge is 2.34. The van der Waals surface area contributed by atoms with E-state index in [4.69, 9.17) is 4.74 Å². The van der Waals surface area contributed by atoms with E-state index in [-0.39, 0.29) is 23.6 Å². The zero-order valence-electron chi connectivity index (χ0n) is 20.4. The van der Waals surface area contributed by atoms with E-state index in [1.165, 1.54) is 11.8 Å². The topological polar surface area (TPSA) is 89.3 Å². The highest BCUT2D eigenvalue weighted by molar-refractivity contribution is 7.99. The maximum Gasteiger partial charge on any atom is 0.254 e. The Morgan fingerprint density at radius 2 is 1.83 bits per heavy atom. The molecule has 1 atom stereocenters. The molecule has 1 fully saturated rings. The Morgan fingerprint density at radius 3 is 2.51 bits per heavy atom. The zero-order valence-corrected chi connectivity index (χ0v) is 21.2. The number of aromatic nitrogens is 3. The SMILES string of the molecule is CCOc1ccc(NC(=O)CSc2nnc(C3CCCN3C(=O)c3ccc(C)cc3)n2CC)cc1. The van der Waals surface area contributed by atoms with Gasteiger partial charge in [0.25, 0.3) is 5.91 Å². The second-order valence-electron chi connectivity index (χ2n) is 8.40. The Kier molecular flexibility index (Phi) is 8.07. The number of hydrogen-bond acceptors (Lipinski definition) is 6.